The van der Waals surface area contributed by atoms with E-state index in [2.05, 4.69) is 24.8 Å². The van der Waals surface area contributed by atoms with Crippen molar-refractivity contribution in [2.24, 2.45) is 0 Å². The molecule has 74 valence electrons. The van der Waals surface area contributed by atoms with Crippen LogP contribution in [0.25, 0.3) is 0 Å². The maximum atomic E-state index is 11.0. The fraction of sp³-hybridized carbons (Fsp3) is 0.875. The summed E-state index contributed by atoms with van der Waals surface area (Å²) in [5.41, 5.74) is 0. The van der Waals surface area contributed by atoms with Crippen LogP contribution >= 0.6 is 0 Å². The number of carbonyl (C=O) groups is 1. The van der Waals surface area contributed by atoms with Gasteiger partial charge < -0.3 is 22.3 Å². The third kappa shape index (κ3) is 10.3. The van der Waals surface area contributed by atoms with Gasteiger partial charge in [0, 0.05) is 6.54 Å². The lowest BCUT2D eigenvalue weighted by Crippen LogP contribution is -3.00. The Morgan fingerprint density at radius 1 is 1.42 bits per heavy atom. The third-order valence-corrected chi connectivity index (χ3v) is 2.11. The van der Waals surface area contributed by atoms with Crippen LogP contribution in [-0.4, -0.2) is 30.7 Å². The van der Waals surface area contributed by atoms with Crippen molar-refractivity contribution in [2.75, 3.05) is 24.8 Å². The molecule has 0 atom stereocenters. The zero-order chi connectivity index (χ0) is 8.69. The SMILES string of the molecule is CCCCNC(=O)C[S+](C)C.[Br-]. The van der Waals surface area contributed by atoms with E-state index in [0.717, 1.165) is 19.4 Å². The summed E-state index contributed by atoms with van der Waals surface area (Å²) in [4.78, 5) is 11.0. The number of nitrogens with one attached hydrogen (secondary N) is 1. The first-order chi connectivity index (χ1) is 5.16. The second-order valence-corrected chi connectivity index (χ2v) is 5.09. The molecule has 0 aromatic heterocycles. The highest BCUT2D eigenvalue weighted by Crippen LogP contribution is 1.85. The number of hydrogen-bond acceptors (Lipinski definition) is 1. The van der Waals surface area contributed by atoms with E-state index in [9.17, 15) is 4.79 Å². The fourth-order valence-electron chi connectivity index (χ4n) is 0.718. The molecule has 0 radical (unpaired) electrons. The maximum absolute atomic E-state index is 11.0. The minimum Gasteiger partial charge on any atom is -1.00 e. The van der Waals surface area contributed by atoms with Gasteiger partial charge in [-0.05, 0) is 17.3 Å². The first-order valence-corrected chi connectivity index (χ1v) is 6.18. The summed E-state index contributed by atoms with van der Waals surface area (Å²) in [6.07, 6.45) is 6.40. The van der Waals surface area contributed by atoms with E-state index >= 15 is 0 Å². The molecular weight excluding hydrogens is 238 g/mol. The van der Waals surface area contributed by atoms with Gasteiger partial charge in [-0.1, -0.05) is 13.3 Å². The zero-order valence-electron chi connectivity index (χ0n) is 8.02. The van der Waals surface area contributed by atoms with Crippen molar-refractivity contribution in [3.63, 3.8) is 0 Å². The Hall–Kier alpha value is 0.300. The van der Waals surface area contributed by atoms with Gasteiger partial charge in [-0.15, -0.1) is 0 Å². The van der Waals surface area contributed by atoms with E-state index in [-0.39, 0.29) is 33.8 Å². The Morgan fingerprint density at radius 3 is 2.42 bits per heavy atom. The van der Waals surface area contributed by atoms with Crippen LogP contribution in [0, 0.1) is 0 Å². The molecule has 0 fully saturated rings. The smallest absolute Gasteiger partial charge is 0.269 e. The summed E-state index contributed by atoms with van der Waals surface area (Å²) in [6.45, 7) is 2.96. The van der Waals surface area contributed by atoms with Gasteiger partial charge in [-0.25, -0.2) is 0 Å². The van der Waals surface area contributed by atoms with Gasteiger partial charge in [0.1, 0.15) is 0 Å². The highest BCUT2D eigenvalue weighted by molar-refractivity contribution is 7.96. The Kier molecular flexibility index (Phi) is 11.6. The second kappa shape index (κ2) is 9.39. The predicted molar refractivity (Wildman–Crippen MR) is 52.0 cm³/mol. The molecule has 1 amide bonds. The number of unbranched alkanes of at least 4 members (excludes halogenated alkanes) is 1. The Labute approximate surface area is 88.6 Å². The highest BCUT2D eigenvalue weighted by Gasteiger charge is 2.09. The molecule has 0 rings (SSSR count). The number of amides is 1. The zero-order valence-corrected chi connectivity index (χ0v) is 10.4. The maximum Gasteiger partial charge on any atom is 0.269 e. The van der Waals surface area contributed by atoms with Gasteiger partial charge in [0.05, 0.1) is 12.5 Å². The molecule has 0 aromatic rings. The minimum absolute atomic E-state index is 0. The molecule has 0 unspecified atom stereocenters. The normalized spacial score (nSPS) is 9.33. The van der Waals surface area contributed by atoms with E-state index in [1.54, 1.807) is 0 Å². The minimum atomic E-state index is 0. The molecular formula is C8H18BrNOS. The van der Waals surface area contributed by atoms with Crippen molar-refractivity contribution in [3.8, 4) is 0 Å². The van der Waals surface area contributed by atoms with Crippen molar-refractivity contribution in [1.82, 2.24) is 5.32 Å². The number of halogens is 1. The highest BCUT2D eigenvalue weighted by atomic mass is 79.9. The van der Waals surface area contributed by atoms with Crippen molar-refractivity contribution in [3.05, 3.63) is 0 Å². The van der Waals surface area contributed by atoms with Gasteiger partial charge in [-0.2, -0.15) is 0 Å². The summed E-state index contributed by atoms with van der Waals surface area (Å²) >= 11 is 0. The molecule has 2 nitrogen and oxygen atoms in total. The number of hydrogen-bond donors (Lipinski definition) is 1. The van der Waals surface area contributed by atoms with E-state index < -0.39 is 0 Å². The lowest BCUT2D eigenvalue weighted by atomic mass is 10.3. The molecule has 4 heteroatoms. The summed E-state index contributed by atoms with van der Waals surface area (Å²) < 4.78 is 0. The molecule has 0 aliphatic rings. The standard InChI is InChI=1S/C8H17NOS.BrH/c1-4-5-6-9-8(10)7-11(2)3;/h4-7H2,1-3H3;1H. The van der Waals surface area contributed by atoms with Crippen LogP contribution in [0.3, 0.4) is 0 Å². The lowest BCUT2D eigenvalue weighted by Gasteiger charge is -2.01. The lowest BCUT2D eigenvalue weighted by molar-refractivity contribution is -0.118. The number of carbonyl (C=O) groups excluding carboxylic acids is 1. The van der Waals surface area contributed by atoms with Gasteiger partial charge in [0.2, 0.25) is 0 Å². The molecule has 0 spiro atoms. The molecule has 0 heterocycles. The van der Waals surface area contributed by atoms with Crippen LogP contribution in [0.4, 0.5) is 0 Å². The second-order valence-electron chi connectivity index (χ2n) is 2.83. The van der Waals surface area contributed by atoms with Crippen LogP contribution in [0.15, 0.2) is 0 Å². The summed E-state index contributed by atoms with van der Waals surface area (Å²) in [5, 5.41) is 2.88. The predicted octanol–water partition coefficient (Wildman–Crippen LogP) is -2.22. The monoisotopic (exact) mass is 255 g/mol. The van der Waals surface area contributed by atoms with Crippen LogP contribution in [0.5, 0.6) is 0 Å². The summed E-state index contributed by atoms with van der Waals surface area (Å²) in [7, 11) is 0.237. The van der Waals surface area contributed by atoms with Crippen molar-refractivity contribution in [1.29, 1.82) is 0 Å². The largest absolute Gasteiger partial charge is 1.00 e. The summed E-state index contributed by atoms with van der Waals surface area (Å²) in [6, 6.07) is 0. The fourth-order valence-corrected chi connectivity index (χ4v) is 1.34. The Balaban J connectivity index is 0. The molecule has 1 N–H and O–H groups in total. The molecule has 0 aliphatic heterocycles. The van der Waals surface area contributed by atoms with E-state index in [0.29, 0.717) is 5.75 Å². The van der Waals surface area contributed by atoms with E-state index in [1.165, 1.54) is 0 Å². The van der Waals surface area contributed by atoms with Crippen molar-refractivity contribution < 1.29 is 21.8 Å². The van der Waals surface area contributed by atoms with Crippen LogP contribution in [0.2, 0.25) is 0 Å². The first kappa shape index (κ1) is 14.8. The van der Waals surface area contributed by atoms with Crippen molar-refractivity contribution in [2.45, 2.75) is 19.8 Å². The quantitative estimate of drug-likeness (QED) is 0.438. The van der Waals surface area contributed by atoms with Crippen LogP contribution in [-0.2, 0) is 15.7 Å². The van der Waals surface area contributed by atoms with Crippen molar-refractivity contribution >= 4 is 16.8 Å². The molecule has 0 saturated carbocycles. The molecule has 0 aromatic carbocycles. The van der Waals surface area contributed by atoms with E-state index in [1.807, 2.05) is 0 Å². The molecule has 0 bridgehead atoms. The molecule has 0 aliphatic carbocycles. The first-order valence-electron chi connectivity index (χ1n) is 3.97. The Bertz CT molecular complexity index is 120. The average molecular weight is 256 g/mol. The average Bonchev–Trinajstić information content (AvgIpc) is 1.86. The van der Waals surface area contributed by atoms with Gasteiger partial charge in [0.15, 0.2) is 5.75 Å². The number of rotatable bonds is 5. The van der Waals surface area contributed by atoms with E-state index in [4.69, 9.17) is 0 Å². The van der Waals surface area contributed by atoms with Gasteiger partial charge >= 0.3 is 0 Å². The Morgan fingerprint density at radius 2 is 2.00 bits per heavy atom. The van der Waals surface area contributed by atoms with Gasteiger partial charge in [-0.3, -0.25) is 4.79 Å². The summed E-state index contributed by atoms with van der Waals surface area (Å²) in [5.74, 6) is 0.885. The third-order valence-electron chi connectivity index (χ3n) is 1.27. The molecule has 12 heavy (non-hydrogen) atoms. The van der Waals surface area contributed by atoms with Crippen LogP contribution in [0.1, 0.15) is 19.8 Å². The topological polar surface area (TPSA) is 29.1 Å². The molecule has 0 saturated heterocycles. The van der Waals surface area contributed by atoms with Gasteiger partial charge in [0.25, 0.3) is 5.91 Å². The van der Waals surface area contributed by atoms with Crippen LogP contribution < -0.4 is 22.3 Å².